The van der Waals surface area contributed by atoms with Crippen molar-refractivity contribution in [3.8, 4) is 0 Å². The molecule has 1 saturated carbocycles. The number of rotatable bonds is 9. The van der Waals surface area contributed by atoms with Gasteiger partial charge in [0.15, 0.2) is 0 Å². The molecule has 1 aromatic carbocycles. The van der Waals surface area contributed by atoms with E-state index in [0.717, 1.165) is 19.5 Å². The van der Waals surface area contributed by atoms with Crippen molar-refractivity contribution in [2.75, 3.05) is 31.1 Å². The van der Waals surface area contributed by atoms with Crippen LogP contribution in [0.5, 0.6) is 0 Å². The molecule has 1 amide bonds. The molecule has 3 N–H and O–H groups in total. The first kappa shape index (κ1) is 19.7. The Balaban J connectivity index is 1.79. The number of benzene rings is 1. The van der Waals surface area contributed by atoms with Crippen LogP contribution in [-0.2, 0) is 9.53 Å². The van der Waals surface area contributed by atoms with Gasteiger partial charge in [0.25, 0.3) is 0 Å². The predicted molar refractivity (Wildman–Crippen MR) is 103 cm³/mol. The van der Waals surface area contributed by atoms with E-state index in [0.29, 0.717) is 19.6 Å². The summed E-state index contributed by atoms with van der Waals surface area (Å²) in [6.07, 6.45) is 1.53. The van der Waals surface area contributed by atoms with Crippen LogP contribution in [0, 0.1) is 5.41 Å². The van der Waals surface area contributed by atoms with Gasteiger partial charge in [-0.05, 0) is 32.4 Å². The molecule has 0 aliphatic heterocycles. The van der Waals surface area contributed by atoms with Gasteiger partial charge in [-0.1, -0.05) is 32.0 Å². The number of para-hydroxylation sites is 1. The molecule has 0 heterocycles. The topological polar surface area (TPSA) is 67.6 Å². The van der Waals surface area contributed by atoms with Crippen LogP contribution in [0.2, 0.25) is 0 Å². The van der Waals surface area contributed by atoms with Crippen molar-refractivity contribution in [3.05, 3.63) is 30.3 Å². The summed E-state index contributed by atoms with van der Waals surface area (Å²) in [5.74, 6) is -0.0591. The first-order chi connectivity index (χ1) is 11.9. The maximum atomic E-state index is 12.6. The number of carbonyl (C=O) groups excluding carboxylic acids is 1. The van der Waals surface area contributed by atoms with E-state index < -0.39 is 5.54 Å². The lowest BCUT2D eigenvalue weighted by Crippen LogP contribution is -2.75. The molecule has 1 aliphatic rings. The smallest absolute Gasteiger partial charge is 0.240 e. The SMILES string of the molecule is CCOC1CC(N)(C(=O)NCCCN(CC)c2ccccc2)C1(C)C. The summed E-state index contributed by atoms with van der Waals surface area (Å²) in [6.45, 7) is 11.3. The molecule has 0 bridgehead atoms. The second-order valence-electron chi connectivity index (χ2n) is 7.37. The molecule has 2 unspecified atom stereocenters. The molecular formula is C20H33N3O2. The van der Waals surface area contributed by atoms with E-state index in [4.69, 9.17) is 10.5 Å². The molecule has 1 aliphatic carbocycles. The van der Waals surface area contributed by atoms with Crippen LogP contribution >= 0.6 is 0 Å². The molecule has 25 heavy (non-hydrogen) atoms. The Morgan fingerprint density at radius 1 is 1.32 bits per heavy atom. The highest BCUT2D eigenvalue weighted by Crippen LogP contribution is 2.49. The van der Waals surface area contributed by atoms with E-state index in [2.05, 4.69) is 29.3 Å². The average molecular weight is 348 g/mol. The summed E-state index contributed by atoms with van der Waals surface area (Å²) < 4.78 is 5.69. The number of amides is 1. The quantitative estimate of drug-likeness (QED) is 0.674. The third-order valence-corrected chi connectivity index (χ3v) is 5.63. The molecule has 1 aromatic rings. The monoisotopic (exact) mass is 347 g/mol. The van der Waals surface area contributed by atoms with Crippen LogP contribution in [0.15, 0.2) is 30.3 Å². The van der Waals surface area contributed by atoms with Gasteiger partial charge < -0.3 is 20.7 Å². The highest BCUT2D eigenvalue weighted by Gasteiger charge is 2.62. The summed E-state index contributed by atoms with van der Waals surface area (Å²) in [4.78, 5) is 14.9. The summed E-state index contributed by atoms with van der Waals surface area (Å²) in [6, 6.07) is 10.3. The van der Waals surface area contributed by atoms with Gasteiger partial charge >= 0.3 is 0 Å². The zero-order valence-electron chi connectivity index (χ0n) is 16.0. The first-order valence-electron chi connectivity index (χ1n) is 9.35. The van der Waals surface area contributed by atoms with Gasteiger partial charge in [-0.25, -0.2) is 0 Å². The van der Waals surface area contributed by atoms with Gasteiger partial charge in [0.2, 0.25) is 5.91 Å². The van der Waals surface area contributed by atoms with Gasteiger partial charge in [-0.2, -0.15) is 0 Å². The first-order valence-corrected chi connectivity index (χ1v) is 9.35. The minimum Gasteiger partial charge on any atom is -0.378 e. The molecule has 140 valence electrons. The number of nitrogens with one attached hydrogen (secondary N) is 1. The molecular weight excluding hydrogens is 314 g/mol. The fraction of sp³-hybridized carbons (Fsp3) is 0.650. The molecule has 0 aromatic heterocycles. The summed E-state index contributed by atoms with van der Waals surface area (Å²) in [5, 5.41) is 3.03. The van der Waals surface area contributed by atoms with Crippen LogP contribution in [0.1, 0.15) is 40.5 Å². The van der Waals surface area contributed by atoms with Crippen molar-refractivity contribution >= 4 is 11.6 Å². The summed E-state index contributed by atoms with van der Waals surface area (Å²) in [7, 11) is 0. The van der Waals surface area contributed by atoms with Crippen LogP contribution in [0.4, 0.5) is 5.69 Å². The standard InChI is InChI=1S/C20H33N3O2/c1-5-23(16-11-8-7-9-12-16)14-10-13-22-18(24)20(21)15-17(25-6-2)19(20,3)4/h7-9,11-12,17H,5-6,10,13-15,21H2,1-4H3,(H,22,24). The zero-order valence-corrected chi connectivity index (χ0v) is 16.0. The molecule has 0 spiro atoms. The minimum absolute atomic E-state index is 0.0573. The predicted octanol–water partition coefficient (Wildman–Crippen LogP) is 2.55. The third kappa shape index (κ3) is 3.98. The van der Waals surface area contributed by atoms with E-state index >= 15 is 0 Å². The van der Waals surface area contributed by atoms with Gasteiger partial charge in [0.05, 0.1) is 6.10 Å². The third-order valence-electron chi connectivity index (χ3n) is 5.63. The zero-order chi connectivity index (χ0) is 18.5. The lowest BCUT2D eigenvalue weighted by atomic mass is 9.54. The van der Waals surface area contributed by atoms with Crippen molar-refractivity contribution in [1.29, 1.82) is 0 Å². The normalized spacial score (nSPS) is 24.4. The van der Waals surface area contributed by atoms with E-state index in [-0.39, 0.29) is 17.4 Å². The second-order valence-corrected chi connectivity index (χ2v) is 7.37. The van der Waals surface area contributed by atoms with Crippen molar-refractivity contribution < 1.29 is 9.53 Å². The second kappa shape index (κ2) is 8.19. The molecule has 2 atom stereocenters. The number of ether oxygens (including phenoxy) is 1. The van der Waals surface area contributed by atoms with E-state index in [1.165, 1.54) is 5.69 Å². The van der Waals surface area contributed by atoms with E-state index in [1.54, 1.807) is 0 Å². The number of hydrogen-bond donors (Lipinski definition) is 2. The van der Waals surface area contributed by atoms with Crippen LogP contribution in [0.25, 0.3) is 0 Å². The fourth-order valence-corrected chi connectivity index (χ4v) is 3.56. The Labute approximate surface area is 151 Å². The number of hydrogen-bond acceptors (Lipinski definition) is 4. The molecule has 2 rings (SSSR count). The molecule has 5 nitrogen and oxygen atoms in total. The highest BCUT2D eigenvalue weighted by atomic mass is 16.5. The largest absolute Gasteiger partial charge is 0.378 e. The van der Waals surface area contributed by atoms with Crippen molar-refractivity contribution in [3.63, 3.8) is 0 Å². The maximum absolute atomic E-state index is 12.6. The molecule has 1 fully saturated rings. The molecule has 0 saturated heterocycles. The average Bonchev–Trinajstić information content (AvgIpc) is 2.62. The molecule has 5 heteroatoms. The number of nitrogens with two attached hydrogens (primary N) is 1. The lowest BCUT2D eigenvalue weighted by molar-refractivity contribution is -0.170. The Morgan fingerprint density at radius 2 is 2.00 bits per heavy atom. The van der Waals surface area contributed by atoms with E-state index in [1.807, 2.05) is 39.0 Å². The van der Waals surface area contributed by atoms with Gasteiger partial charge in [-0.15, -0.1) is 0 Å². The Kier molecular flexibility index (Phi) is 6.47. The van der Waals surface area contributed by atoms with Crippen LogP contribution in [-0.4, -0.2) is 43.8 Å². The van der Waals surface area contributed by atoms with Crippen LogP contribution < -0.4 is 16.0 Å². The van der Waals surface area contributed by atoms with Gasteiger partial charge in [-0.3, -0.25) is 4.79 Å². The highest BCUT2D eigenvalue weighted by molar-refractivity contribution is 5.88. The van der Waals surface area contributed by atoms with Crippen molar-refractivity contribution in [1.82, 2.24) is 5.32 Å². The van der Waals surface area contributed by atoms with Crippen LogP contribution in [0.3, 0.4) is 0 Å². The number of anilines is 1. The number of carbonyl (C=O) groups is 1. The minimum atomic E-state index is -0.837. The lowest BCUT2D eigenvalue weighted by Gasteiger charge is -2.57. The Morgan fingerprint density at radius 3 is 2.56 bits per heavy atom. The Bertz CT molecular complexity index is 561. The van der Waals surface area contributed by atoms with Gasteiger partial charge in [0, 0.05) is 43.8 Å². The Hall–Kier alpha value is -1.59. The van der Waals surface area contributed by atoms with E-state index in [9.17, 15) is 4.79 Å². The van der Waals surface area contributed by atoms with Gasteiger partial charge in [0.1, 0.15) is 5.54 Å². The summed E-state index contributed by atoms with van der Waals surface area (Å²) in [5.41, 5.74) is 6.44. The summed E-state index contributed by atoms with van der Waals surface area (Å²) >= 11 is 0. The maximum Gasteiger partial charge on any atom is 0.240 e. The number of nitrogens with zero attached hydrogens (tertiary/aromatic N) is 1. The molecule has 0 radical (unpaired) electrons. The van der Waals surface area contributed by atoms with Crippen molar-refractivity contribution in [2.24, 2.45) is 11.1 Å². The fourth-order valence-electron chi connectivity index (χ4n) is 3.56. The van der Waals surface area contributed by atoms with Crippen molar-refractivity contribution in [2.45, 2.75) is 52.2 Å².